The number of carbonyl (C=O) groups is 1. The lowest BCUT2D eigenvalue weighted by Gasteiger charge is -2.30. The highest BCUT2D eigenvalue weighted by molar-refractivity contribution is 5.98. The van der Waals surface area contributed by atoms with Crippen LogP contribution in [0.5, 0.6) is 5.75 Å². The second-order valence-electron chi connectivity index (χ2n) is 9.13. The van der Waals surface area contributed by atoms with Gasteiger partial charge in [0.25, 0.3) is 0 Å². The second-order valence-corrected chi connectivity index (χ2v) is 9.13. The van der Waals surface area contributed by atoms with Gasteiger partial charge in [0, 0.05) is 18.7 Å². The molecule has 4 aromatic carbocycles. The number of aliphatic carboxylic acids is 1. The number of anilines is 1. The van der Waals surface area contributed by atoms with E-state index in [1.807, 2.05) is 104 Å². The molecule has 1 N–H and O–H groups in total. The summed E-state index contributed by atoms with van der Waals surface area (Å²) in [5.74, 6) is -0.150. The summed E-state index contributed by atoms with van der Waals surface area (Å²) in [4.78, 5) is 19.4. The van der Waals surface area contributed by atoms with Crippen LogP contribution in [0, 0.1) is 0 Å². The third kappa shape index (κ3) is 8.35. The number of carboxylic acids is 1. The van der Waals surface area contributed by atoms with E-state index < -0.39 is 12.0 Å². The Hall–Kier alpha value is -4.29. The summed E-state index contributed by atoms with van der Waals surface area (Å²) >= 11 is 0. The van der Waals surface area contributed by atoms with E-state index in [9.17, 15) is 9.90 Å². The van der Waals surface area contributed by atoms with E-state index in [1.165, 1.54) is 5.56 Å². The molecule has 208 valence electrons. The topological polar surface area (TPSA) is 71.4 Å². The monoisotopic (exact) mass is 558 g/mol. The smallest absolute Gasteiger partial charge is 0.326 e. The van der Waals surface area contributed by atoms with Crippen molar-refractivity contribution in [3.8, 4) is 16.9 Å². The molecule has 6 nitrogen and oxygen atoms in total. The lowest BCUT2D eigenvalue weighted by atomic mass is 10.0. The first-order chi connectivity index (χ1) is 19.0. The predicted octanol–water partition coefficient (Wildman–Crippen LogP) is 7.12. The third-order valence-electron chi connectivity index (χ3n) is 6.50. The Morgan fingerprint density at radius 3 is 2.02 bits per heavy atom. The minimum atomic E-state index is -0.846. The zero-order valence-electron chi connectivity index (χ0n) is 22.8. The molecule has 0 spiro atoms. The van der Waals surface area contributed by atoms with Crippen LogP contribution in [-0.4, -0.2) is 42.6 Å². The van der Waals surface area contributed by atoms with Gasteiger partial charge in [-0.1, -0.05) is 90.1 Å². The maximum Gasteiger partial charge on any atom is 0.326 e. The second kappa shape index (κ2) is 15.3. The third-order valence-corrected chi connectivity index (χ3v) is 6.50. The normalized spacial score (nSPS) is 11.7. The van der Waals surface area contributed by atoms with Crippen LogP contribution in [0.3, 0.4) is 0 Å². The van der Waals surface area contributed by atoms with Crippen LogP contribution >= 0.6 is 12.4 Å². The van der Waals surface area contributed by atoms with Crippen LogP contribution in [0.4, 0.5) is 5.69 Å². The van der Waals surface area contributed by atoms with E-state index in [-0.39, 0.29) is 12.4 Å². The van der Waals surface area contributed by atoms with Crippen molar-refractivity contribution < 1.29 is 19.5 Å². The summed E-state index contributed by atoms with van der Waals surface area (Å²) in [6.45, 7) is 5.14. The molecule has 40 heavy (non-hydrogen) atoms. The lowest BCUT2D eigenvalue weighted by molar-refractivity contribution is -0.138. The number of carboxylic acid groups (broad SMARTS) is 1. The molecule has 0 radical (unpaired) electrons. The summed E-state index contributed by atoms with van der Waals surface area (Å²) in [6.07, 6.45) is 0.391. The number of ether oxygens (including phenoxy) is 1. The number of hydrogen-bond donors (Lipinski definition) is 1. The molecule has 0 saturated carbocycles. The van der Waals surface area contributed by atoms with Crippen molar-refractivity contribution in [2.24, 2.45) is 5.16 Å². The average Bonchev–Trinajstić information content (AvgIpc) is 2.98. The fourth-order valence-corrected chi connectivity index (χ4v) is 4.40. The molecule has 7 heteroatoms. The Kier molecular flexibility index (Phi) is 11.6. The Morgan fingerprint density at radius 1 is 0.825 bits per heavy atom. The summed E-state index contributed by atoms with van der Waals surface area (Å²) in [5, 5.41) is 14.1. The largest absolute Gasteiger partial charge is 0.490 e. The van der Waals surface area contributed by atoms with Gasteiger partial charge in [0.05, 0.1) is 5.71 Å². The molecule has 4 aromatic rings. The Morgan fingerprint density at radius 2 is 1.43 bits per heavy atom. The minimum Gasteiger partial charge on any atom is -0.490 e. The minimum absolute atomic E-state index is 0. The molecule has 4 rings (SSSR count). The lowest BCUT2D eigenvalue weighted by Crippen LogP contribution is -2.42. The highest BCUT2D eigenvalue weighted by atomic mass is 35.5. The van der Waals surface area contributed by atoms with Crippen molar-refractivity contribution in [2.45, 2.75) is 26.3 Å². The standard InChI is InChI=1S/C33H34N2O4.ClH/c1-3-35(30-12-8-5-9-13-30)32(33(36)37)24-26-14-20-31(21-15-26)38-22-23-39-34-25(2)27-16-18-29(19-17-27)28-10-6-4-7-11-28;/h4-21,32H,3,22-24H2,1-2H3,(H,36,37);1H/b34-25-;. The molecule has 0 aromatic heterocycles. The summed E-state index contributed by atoms with van der Waals surface area (Å²) < 4.78 is 5.78. The number of benzene rings is 4. The van der Waals surface area contributed by atoms with Crippen molar-refractivity contribution in [2.75, 3.05) is 24.7 Å². The van der Waals surface area contributed by atoms with Crippen LogP contribution in [-0.2, 0) is 16.1 Å². The number of nitrogens with zero attached hydrogens (tertiary/aromatic N) is 2. The molecule has 0 bridgehead atoms. The number of likely N-dealkylation sites (N-methyl/N-ethyl adjacent to an activating group) is 1. The van der Waals surface area contributed by atoms with Crippen LogP contribution < -0.4 is 9.64 Å². The number of halogens is 1. The molecule has 1 unspecified atom stereocenters. The van der Waals surface area contributed by atoms with Crippen molar-refractivity contribution in [3.05, 3.63) is 120 Å². The van der Waals surface area contributed by atoms with Crippen LogP contribution in [0.2, 0.25) is 0 Å². The molecule has 0 fully saturated rings. The summed E-state index contributed by atoms with van der Waals surface area (Å²) in [7, 11) is 0. The first-order valence-corrected chi connectivity index (χ1v) is 13.1. The summed E-state index contributed by atoms with van der Waals surface area (Å²) in [6, 6.07) is 35.0. The van der Waals surface area contributed by atoms with Crippen LogP contribution in [0.15, 0.2) is 114 Å². The zero-order chi connectivity index (χ0) is 27.5. The SMILES string of the molecule is CCN(c1ccccc1)C(Cc1ccc(OCCO/N=C(/C)c2ccc(-c3ccccc3)cc2)cc1)C(=O)O.Cl. The van der Waals surface area contributed by atoms with Gasteiger partial charge < -0.3 is 19.6 Å². The predicted molar refractivity (Wildman–Crippen MR) is 164 cm³/mol. The van der Waals surface area contributed by atoms with Gasteiger partial charge in [-0.2, -0.15) is 0 Å². The van der Waals surface area contributed by atoms with E-state index in [0.29, 0.717) is 31.9 Å². The molecule has 0 aliphatic rings. The number of rotatable bonds is 13. The zero-order valence-corrected chi connectivity index (χ0v) is 23.6. The molecule has 0 heterocycles. The number of hydrogen-bond acceptors (Lipinski definition) is 5. The first-order valence-electron chi connectivity index (χ1n) is 13.1. The fraction of sp³-hybridized carbons (Fsp3) is 0.212. The van der Waals surface area contributed by atoms with Crippen LogP contribution in [0.25, 0.3) is 11.1 Å². The van der Waals surface area contributed by atoms with E-state index in [1.54, 1.807) is 0 Å². The van der Waals surface area contributed by atoms with E-state index >= 15 is 0 Å². The summed E-state index contributed by atoms with van der Waals surface area (Å²) in [5.41, 5.74) is 5.96. The quantitative estimate of drug-likeness (QED) is 0.107. The van der Waals surface area contributed by atoms with E-state index in [2.05, 4.69) is 29.4 Å². The van der Waals surface area contributed by atoms with E-state index in [0.717, 1.165) is 28.1 Å². The Labute approximate surface area is 242 Å². The Balaban J connectivity index is 0.00000441. The van der Waals surface area contributed by atoms with Gasteiger partial charge in [0.2, 0.25) is 0 Å². The maximum atomic E-state index is 12.1. The molecular formula is C33H35ClN2O4. The highest BCUT2D eigenvalue weighted by Crippen LogP contribution is 2.21. The molecule has 1 atom stereocenters. The fourth-order valence-electron chi connectivity index (χ4n) is 4.40. The van der Waals surface area contributed by atoms with Crippen LogP contribution in [0.1, 0.15) is 25.0 Å². The molecule has 0 amide bonds. The Bertz CT molecular complexity index is 1350. The molecule has 0 saturated heterocycles. The molecule has 0 aliphatic heterocycles. The highest BCUT2D eigenvalue weighted by Gasteiger charge is 2.25. The van der Waals surface area contributed by atoms with Crippen molar-refractivity contribution in [1.82, 2.24) is 0 Å². The van der Waals surface area contributed by atoms with Gasteiger partial charge in [-0.25, -0.2) is 4.79 Å². The van der Waals surface area contributed by atoms with Gasteiger partial charge in [0.15, 0.2) is 6.61 Å². The first kappa shape index (κ1) is 30.3. The van der Waals surface area contributed by atoms with Crippen molar-refractivity contribution >= 4 is 29.8 Å². The number of oxime groups is 1. The van der Waals surface area contributed by atoms with Gasteiger partial charge in [0.1, 0.15) is 18.4 Å². The van der Waals surface area contributed by atoms with Crippen molar-refractivity contribution in [1.29, 1.82) is 0 Å². The molecule has 0 aliphatic carbocycles. The van der Waals surface area contributed by atoms with Crippen molar-refractivity contribution in [3.63, 3.8) is 0 Å². The number of para-hydroxylation sites is 1. The molecular weight excluding hydrogens is 524 g/mol. The van der Waals surface area contributed by atoms with Gasteiger partial charge in [-0.3, -0.25) is 0 Å². The van der Waals surface area contributed by atoms with Gasteiger partial charge in [-0.15, -0.1) is 12.4 Å². The maximum absolute atomic E-state index is 12.1. The van der Waals surface area contributed by atoms with Gasteiger partial charge >= 0.3 is 5.97 Å². The average molecular weight is 559 g/mol. The van der Waals surface area contributed by atoms with E-state index in [4.69, 9.17) is 9.57 Å². The van der Waals surface area contributed by atoms with Gasteiger partial charge in [-0.05, 0) is 60.4 Å².